The smallest absolute Gasteiger partial charge is 0.871 e. The summed E-state index contributed by atoms with van der Waals surface area (Å²) in [6.07, 6.45) is 0. The quantitative estimate of drug-likeness (QED) is 0.221. The van der Waals surface area contributed by atoms with Gasteiger partial charge in [-0.1, -0.05) is 66.1 Å². The summed E-state index contributed by atoms with van der Waals surface area (Å²) in [5.41, 5.74) is -0.0587. The molecule has 0 atom stereocenters. The molecule has 0 saturated carbocycles. The Bertz CT molecular complexity index is 1370. The molecule has 1 N–H and O–H groups in total. The topological polar surface area (TPSA) is 125 Å². The normalized spacial score (nSPS) is 11.4. The van der Waals surface area contributed by atoms with E-state index in [4.69, 9.17) is 0 Å². The maximum Gasteiger partial charge on any atom is 1.00 e. The van der Waals surface area contributed by atoms with E-state index in [9.17, 15) is 23.2 Å². The molecular weight excluding hydrogens is 426 g/mol. The van der Waals surface area contributed by atoms with Gasteiger partial charge in [0.05, 0.1) is 11.4 Å². The molecule has 0 saturated heterocycles. The van der Waals surface area contributed by atoms with Crippen LogP contribution in [-0.4, -0.2) is 13.0 Å². The molecule has 4 aromatic rings. The second-order valence-electron chi connectivity index (χ2n) is 6.08. The van der Waals surface area contributed by atoms with Crippen molar-refractivity contribution in [1.82, 2.24) is 0 Å². The van der Waals surface area contributed by atoms with E-state index in [1.807, 2.05) is 6.07 Å². The molecule has 10 heteroatoms. The number of benzene rings is 4. The van der Waals surface area contributed by atoms with Gasteiger partial charge >= 0.3 is 59.1 Å². The summed E-state index contributed by atoms with van der Waals surface area (Å²) < 4.78 is 32.5. The van der Waals surface area contributed by atoms with Crippen molar-refractivity contribution in [3.05, 3.63) is 66.7 Å². The number of rotatable bonds is 3. The van der Waals surface area contributed by atoms with E-state index in [0.29, 0.717) is 5.39 Å². The van der Waals surface area contributed by atoms with Crippen LogP contribution >= 0.6 is 0 Å². The zero-order valence-corrected chi connectivity index (χ0v) is 21.1. The van der Waals surface area contributed by atoms with Crippen molar-refractivity contribution in [3.63, 3.8) is 0 Å². The van der Waals surface area contributed by atoms with Crippen molar-refractivity contribution in [1.29, 1.82) is 0 Å². The molecule has 4 rings (SSSR count). The Hall–Kier alpha value is -1.49. The van der Waals surface area contributed by atoms with E-state index in [2.05, 4.69) is 10.2 Å². The summed E-state index contributed by atoms with van der Waals surface area (Å²) in [7, 11) is -4.59. The van der Waals surface area contributed by atoms with Crippen molar-refractivity contribution in [2.45, 2.75) is 4.90 Å². The summed E-state index contributed by atoms with van der Waals surface area (Å²) >= 11 is 0. The van der Waals surface area contributed by atoms with Gasteiger partial charge in [-0.2, -0.15) is 18.6 Å². The van der Waals surface area contributed by atoms with Gasteiger partial charge in [0.1, 0.15) is 4.90 Å². The summed E-state index contributed by atoms with van der Waals surface area (Å²) in [5, 5.41) is 34.4. The summed E-state index contributed by atoms with van der Waals surface area (Å²) in [4.78, 5) is -0.498. The first kappa shape index (κ1) is 24.8. The predicted molar refractivity (Wildman–Crippen MR) is 101 cm³/mol. The van der Waals surface area contributed by atoms with Gasteiger partial charge in [-0.05, 0) is 22.9 Å². The Morgan fingerprint density at radius 1 is 0.767 bits per heavy atom. The van der Waals surface area contributed by atoms with Crippen LogP contribution in [0.25, 0.3) is 21.5 Å². The second kappa shape index (κ2) is 9.76. The Morgan fingerprint density at radius 2 is 1.37 bits per heavy atom. The maximum absolute atomic E-state index is 12.5. The molecule has 0 aliphatic heterocycles. The molecule has 0 bridgehead atoms. The average Bonchev–Trinajstić information content (AvgIpc) is 2.67. The van der Waals surface area contributed by atoms with Crippen LogP contribution in [0, 0.1) is 0 Å². The van der Waals surface area contributed by atoms with Crippen LogP contribution < -0.4 is 69.3 Å². The van der Waals surface area contributed by atoms with Gasteiger partial charge in [0.2, 0.25) is 0 Å². The van der Waals surface area contributed by atoms with Crippen LogP contribution in [0.5, 0.6) is 11.5 Å². The molecule has 4 aromatic carbocycles. The first-order valence-corrected chi connectivity index (χ1v) is 9.61. The van der Waals surface area contributed by atoms with E-state index >= 15 is 0 Å². The zero-order chi connectivity index (χ0) is 19.9. The Kier molecular flexibility index (Phi) is 8.06. The minimum absolute atomic E-state index is 0. The van der Waals surface area contributed by atoms with Crippen molar-refractivity contribution in [2.75, 3.05) is 0 Å². The largest absolute Gasteiger partial charge is 1.00 e. The van der Waals surface area contributed by atoms with Gasteiger partial charge in [-0.3, -0.25) is 4.55 Å². The van der Waals surface area contributed by atoms with Gasteiger partial charge in [-0.25, -0.2) is 0 Å². The number of nitrogens with zero attached hydrogens (tertiary/aromatic N) is 2. The van der Waals surface area contributed by atoms with Crippen molar-refractivity contribution in [3.8, 4) is 11.5 Å². The van der Waals surface area contributed by atoms with E-state index in [-0.39, 0.29) is 87.0 Å². The third kappa shape index (κ3) is 4.71. The molecule has 0 radical (unpaired) electrons. The minimum Gasteiger partial charge on any atom is -0.871 e. The Balaban J connectivity index is 0.00000160. The standard InChI is InChI=1S/C20H14N2O5S.2Na/c23-17-11-18(28(25,26)27)14-7-3-4-8-15(14)19(17)22-21-16-10-9-12-5-1-2-6-13(12)20(16)24;;/h1-11,23-24H,(H,25,26,27);;/q;2*+1/p-2. The monoisotopic (exact) mass is 438 g/mol. The van der Waals surface area contributed by atoms with E-state index in [1.165, 1.54) is 18.2 Å². The first-order chi connectivity index (χ1) is 13.4. The molecule has 0 unspecified atom stereocenters. The van der Waals surface area contributed by atoms with Gasteiger partial charge < -0.3 is 10.2 Å². The second-order valence-corrected chi connectivity index (χ2v) is 7.47. The van der Waals surface area contributed by atoms with Gasteiger partial charge in [0.15, 0.2) is 0 Å². The van der Waals surface area contributed by atoms with Crippen LogP contribution in [-0.2, 0) is 10.1 Å². The molecule has 0 spiro atoms. The molecule has 7 nitrogen and oxygen atoms in total. The van der Waals surface area contributed by atoms with Gasteiger partial charge in [0.25, 0.3) is 10.1 Å². The molecule has 140 valence electrons. The molecule has 0 amide bonds. The Labute approximate surface area is 216 Å². The van der Waals surface area contributed by atoms with Crippen LogP contribution in [0.15, 0.2) is 81.9 Å². The van der Waals surface area contributed by atoms with E-state index in [1.54, 1.807) is 36.4 Å². The average molecular weight is 438 g/mol. The van der Waals surface area contributed by atoms with Gasteiger partial charge in [0, 0.05) is 10.8 Å². The third-order valence-corrected chi connectivity index (χ3v) is 5.23. The molecule has 0 aliphatic rings. The van der Waals surface area contributed by atoms with Crippen LogP contribution in [0.2, 0.25) is 0 Å². The maximum atomic E-state index is 12.5. The van der Waals surface area contributed by atoms with E-state index < -0.39 is 20.8 Å². The van der Waals surface area contributed by atoms with Gasteiger partial charge in [-0.15, -0.1) is 0 Å². The fourth-order valence-electron chi connectivity index (χ4n) is 3.03. The molecule has 0 aromatic heterocycles. The first-order valence-electron chi connectivity index (χ1n) is 8.17. The fourth-order valence-corrected chi connectivity index (χ4v) is 3.74. The summed E-state index contributed by atoms with van der Waals surface area (Å²) in [5.74, 6) is -1.06. The molecule has 0 heterocycles. The number of hydrogen-bond acceptors (Lipinski definition) is 6. The molecule has 30 heavy (non-hydrogen) atoms. The van der Waals surface area contributed by atoms with Crippen LogP contribution in [0.1, 0.15) is 0 Å². The Morgan fingerprint density at radius 3 is 2.03 bits per heavy atom. The van der Waals surface area contributed by atoms with Crippen molar-refractivity contribution in [2.24, 2.45) is 10.2 Å². The van der Waals surface area contributed by atoms with Crippen molar-refractivity contribution >= 4 is 43.0 Å². The number of hydrogen-bond donors (Lipinski definition) is 1. The molecule has 0 fully saturated rings. The fraction of sp³-hybridized carbons (Fsp3) is 0. The summed E-state index contributed by atoms with van der Waals surface area (Å²) in [6, 6.07) is 17.2. The minimum atomic E-state index is -4.59. The molecule has 0 aliphatic carbocycles. The zero-order valence-electron chi connectivity index (χ0n) is 16.2. The SMILES string of the molecule is O=S(=O)(O)c1cc([O-])c(N=Nc2ccc3ccccc3c2[O-])c2ccccc12.[Na+].[Na+]. The van der Waals surface area contributed by atoms with Crippen LogP contribution in [0.4, 0.5) is 11.4 Å². The number of azo groups is 1. The third-order valence-electron chi connectivity index (χ3n) is 4.34. The van der Waals surface area contributed by atoms with Crippen molar-refractivity contribution < 1.29 is 82.3 Å². The predicted octanol–water partition coefficient (Wildman–Crippen LogP) is -2.19. The van der Waals surface area contributed by atoms with Crippen LogP contribution in [0.3, 0.4) is 0 Å². The molecular formula is C20H12N2Na2O5S. The van der Waals surface area contributed by atoms with E-state index in [0.717, 1.165) is 11.5 Å². The summed E-state index contributed by atoms with van der Waals surface area (Å²) in [6.45, 7) is 0. The number of fused-ring (bicyclic) bond motifs is 2.